The smallest absolute Gasteiger partial charge is 0.128 e. The lowest BCUT2D eigenvalue weighted by Crippen LogP contribution is -2.29. The summed E-state index contributed by atoms with van der Waals surface area (Å²) >= 11 is 0. The average molecular weight is 287 g/mol. The fourth-order valence-corrected chi connectivity index (χ4v) is 2.87. The van der Waals surface area contributed by atoms with Crippen molar-refractivity contribution in [3.63, 3.8) is 0 Å². The highest BCUT2D eigenvalue weighted by atomic mass is 16.5. The topological polar surface area (TPSA) is 71.6 Å². The second-order valence-electron chi connectivity index (χ2n) is 6.05. The number of nitrogens with zero attached hydrogens (tertiary/aromatic N) is 2. The van der Waals surface area contributed by atoms with Gasteiger partial charge in [-0.2, -0.15) is 0 Å². The number of anilines is 1. The first kappa shape index (κ1) is 14.1. The molecule has 0 saturated carbocycles. The lowest BCUT2D eigenvalue weighted by molar-refractivity contribution is 0.0679. The molecule has 1 atom stereocenters. The summed E-state index contributed by atoms with van der Waals surface area (Å²) in [7, 11) is 1.64. The van der Waals surface area contributed by atoms with E-state index in [0.29, 0.717) is 12.4 Å². The van der Waals surface area contributed by atoms with Crippen LogP contribution in [-0.4, -0.2) is 40.8 Å². The number of hydrogen-bond acceptors (Lipinski definition) is 5. The number of β-amino-alcohol motifs (C(OH)–C–C–N with tert-alkyl or cyclic N) is 1. The van der Waals surface area contributed by atoms with E-state index in [1.807, 2.05) is 25.1 Å². The number of likely N-dealkylation sites (tertiary alicyclic amines) is 1. The number of fused-ring (bicyclic) bond motifs is 1. The Hall–Kier alpha value is -1.85. The fraction of sp³-hybridized carbons (Fsp3) is 0.438. The quantitative estimate of drug-likeness (QED) is 0.900. The van der Waals surface area contributed by atoms with E-state index in [9.17, 15) is 5.11 Å². The summed E-state index contributed by atoms with van der Waals surface area (Å²) in [6, 6.07) is 7.87. The minimum absolute atomic E-state index is 0.544. The van der Waals surface area contributed by atoms with Gasteiger partial charge in [-0.3, -0.25) is 4.90 Å². The van der Waals surface area contributed by atoms with Crippen LogP contribution in [0.2, 0.25) is 0 Å². The molecule has 1 saturated heterocycles. The molecule has 3 N–H and O–H groups in total. The van der Waals surface area contributed by atoms with Crippen LogP contribution in [-0.2, 0) is 6.54 Å². The minimum Gasteiger partial charge on any atom is -0.497 e. The van der Waals surface area contributed by atoms with Crippen LogP contribution in [0.25, 0.3) is 10.9 Å². The molecule has 0 spiro atoms. The van der Waals surface area contributed by atoms with Gasteiger partial charge in [0.25, 0.3) is 0 Å². The number of nitrogens with two attached hydrogens (primary N) is 1. The van der Waals surface area contributed by atoms with E-state index in [2.05, 4.69) is 16.0 Å². The van der Waals surface area contributed by atoms with Crippen molar-refractivity contribution in [3.8, 4) is 5.75 Å². The summed E-state index contributed by atoms with van der Waals surface area (Å²) in [4.78, 5) is 6.68. The Morgan fingerprint density at radius 1 is 1.43 bits per heavy atom. The Bertz CT molecular complexity index is 670. The number of pyridine rings is 1. The molecule has 21 heavy (non-hydrogen) atoms. The summed E-state index contributed by atoms with van der Waals surface area (Å²) in [5.74, 6) is 1.32. The van der Waals surface area contributed by atoms with Crippen molar-refractivity contribution in [2.75, 3.05) is 25.9 Å². The van der Waals surface area contributed by atoms with Gasteiger partial charge in [0.2, 0.25) is 0 Å². The molecule has 1 aliphatic heterocycles. The van der Waals surface area contributed by atoms with Gasteiger partial charge in [0.15, 0.2) is 0 Å². The van der Waals surface area contributed by atoms with E-state index in [-0.39, 0.29) is 0 Å². The van der Waals surface area contributed by atoms with E-state index in [1.54, 1.807) is 7.11 Å². The summed E-state index contributed by atoms with van der Waals surface area (Å²) in [6.07, 6.45) is 0.797. The molecule has 112 valence electrons. The number of aliphatic hydroxyl groups is 1. The van der Waals surface area contributed by atoms with Gasteiger partial charge in [0.1, 0.15) is 11.6 Å². The van der Waals surface area contributed by atoms with Crippen LogP contribution in [0.5, 0.6) is 5.75 Å². The highest BCUT2D eigenvalue weighted by molar-refractivity contribution is 5.82. The number of methoxy groups -OCH3 is 1. The van der Waals surface area contributed by atoms with E-state index >= 15 is 0 Å². The summed E-state index contributed by atoms with van der Waals surface area (Å²) in [6.45, 7) is 4.15. The largest absolute Gasteiger partial charge is 0.497 e. The van der Waals surface area contributed by atoms with Crippen molar-refractivity contribution in [2.45, 2.75) is 25.5 Å². The molecular formula is C16H21N3O2. The average Bonchev–Trinajstić information content (AvgIpc) is 2.78. The zero-order valence-corrected chi connectivity index (χ0v) is 12.5. The van der Waals surface area contributed by atoms with Gasteiger partial charge < -0.3 is 15.6 Å². The molecular weight excluding hydrogens is 266 g/mol. The molecule has 1 aliphatic rings. The molecule has 0 bridgehead atoms. The van der Waals surface area contributed by atoms with Crippen LogP contribution in [0.4, 0.5) is 5.82 Å². The second kappa shape index (κ2) is 5.16. The molecule has 5 heteroatoms. The van der Waals surface area contributed by atoms with Gasteiger partial charge in [0.05, 0.1) is 18.2 Å². The highest BCUT2D eigenvalue weighted by Gasteiger charge is 2.31. The number of benzene rings is 1. The number of hydrogen-bond donors (Lipinski definition) is 2. The third kappa shape index (κ3) is 2.94. The van der Waals surface area contributed by atoms with E-state index in [0.717, 1.165) is 41.7 Å². The zero-order chi connectivity index (χ0) is 15.0. The first-order chi connectivity index (χ1) is 9.97. The first-order valence-electron chi connectivity index (χ1n) is 7.15. The Kier molecular flexibility index (Phi) is 3.47. The molecule has 1 aromatic carbocycles. The predicted octanol–water partition coefficient (Wildman–Crippen LogP) is 1.78. The Balaban J connectivity index is 1.87. The molecule has 2 aromatic rings. The number of nitrogen functional groups attached to an aromatic ring is 1. The summed E-state index contributed by atoms with van der Waals surface area (Å²) in [5.41, 5.74) is 7.33. The van der Waals surface area contributed by atoms with Crippen LogP contribution >= 0.6 is 0 Å². The van der Waals surface area contributed by atoms with E-state index < -0.39 is 5.60 Å². The van der Waals surface area contributed by atoms with Crippen molar-refractivity contribution >= 4 is 16.7 Å². The molecule has 5 nitrogen and oxygen atoms in total. The van der Waals surface area contributed by atoms with Crippen molar-refractivity contribution in [3.05, 3.63) is 29.8 Å². The van der Waals surface area contributed by atoms with Crippen molar-refractivity contribution < 1.29 is 9.84 Å². The second-order valence-corrected chi connectivity index (χ2v) is 6.05. The number of rotatable bonds is 3. The monoisotopic (exact) mass is 287 g/mol. The van der Waals surface area contributed by atoms with Gasteiger partial charge in [-0.1, -0.05) is 0 Å². The fourth-order valence-electron chi connectivity index (χ4n) is 2.87. The van der Waals surface area contributed by atoms with Crippen molar-refractivity contribution in [2.24, 2.45) is 0 Å². The van der Waals surface area contributed by atoms with Crippen molar-refractivity contribution in [1.82, 2.24) is 9.88 Å². The Morgan fingerprint density at radius 3 is 2.90 bits per heavy atom. The molecule has 2 heterocycles. The van der Waals surface area contributed by atoms with Crippen molar-refractivity contribution in [1.29, 1.82) is 0 Å². The molecule has 1 unspecified atom stereocenters. The van der Waals surface area contributed by atoms with Crippen LogP contribution in [0, 0.1) is 0 Å². The SMILES string of the molecule is COc1ccc2cc(CN3CCC(C)(O)C3)c(N)nc2c1. The summed E-state index contributed by atoms with van der Waals surface area (Å²) < 4.78 is 5.21. The third-order valence-electron chi connectivity index (χ3n) is 4.06. The highest BCUT2D eigenvalue weighted by Crippen LogP contribution is 2.26. The Morgan fingerprint density at radius 2 is 2.24 bits per heavy atom. The lowest BCUT2D eigenvalue weighted by Gasteiger charge is -2.19. The number of aromatic nitrogens is 1. The molecule has 0 radical (unpaired) electrons. The van der Waals surface area contributed by atoms with E-state index in [4.69, 9.17) is 10.5 Å². The van der Waals surface area contributed by atoms with Gasteiger partial charge in [0, 0.05) is 36.7 Å². The molecule has 1 fully saturated rings. The van der Waals surface area contributed by atoms with Gasteiger partial charge in [-0.25, -0.2) is 4.98 Å². The lowest BCUT2D eigenvalue weighted by atomic mass is 10.1. The molecule has 3 rings (SSSR count). The normalized spacial score (nSPS) is 22.8. The Labute approximate surface area is 124 Å². The maximum absolute atomic E-state index is 10.0. The molecule has 0 amide bonds. The zero-order valence-electron chi connectivity index (χ0n) is 12.5. The van der Waals surface area contributed by atoms with E-state index in [1.165, 1.54) is 0 Å². The van der Waals surface area contributed by atoms with Crippen LogP contribution in [0.1, 0.15) is 18.9 Å². The maximum atomic E-state index is 10.0. The third-order valence-corrected chi connectivity index (χ3v) is 4.06. The van der Waals surface area contributed by atoms with Crippen LogP contribution < -0.4 is 10.5 Å². The van der Waals surface area contributed by atoms with Crippen LogP contribution in [0.3, 0.4) is 0 Å². The van der Waals surface area contributed by atoms with Gasteiger partial charge in [-0.05, 0) is 31.5 Å². The van der Waals surface area contributed by atoms with Gasteiger partial charge >= 0.3 is 0 Å². The summed E-state index contributed by atoms with van der Waals surface area (Å²) in [5, 5.41) is 11.1. The number of ether oxygens (including phenoxy) is 1. The van der Waals surface area contributed by atoms with Gasteiger partial charge in [-0.15, -0.1) is 0 Å². The maximum Gasteiger partial charge on any atom is 0.128 e. The first-order valence-corrected chi connectivity index (χ1v) is 7.15. The standard InChI is InChI=1S/C16H21N3O2/c1-16(20)5-6-19(10-16)9-12-7-11-3-4-13(21-2)8-14(11)18-15(12)17/h3-4,7-8,20H,5-6,9-10H2,1-2H3,(H2,17,18). The predicted molar refractivity (Wildman–Crippen MR) is 83.2 cm³/mol. The molecule has 0 aliphatic carbocycles. The minimum atomic E-state index is -0.591. The molecule has 1 aromatic heterocycles. The van der Waals surface area contributed by atoms with Crippen LogP contribution in [0.15, 0.2) is 24.3 Å².